The number of carbonyl (C=O) groups is 2. The number of carbonyl (C=O) groups excluding carboxylic acids is 1. The molecule has 0 spiro atoms. The first-order chi connectivity index (χ1) is 14.3. The summed E-state index contributed by atoms with van der Waals surface area (Å²) in [5.74, 6) is -1.13. The van der Waals surface area contributed by atoms with Gasteiger partial charge in [-0.25, -0.2) is 0 Å². The van der Waals surface area contributed by atoms with Crippen LogP contribution in [-0.4, -0.2) is 95.2 Å². The summed E-state index contributed by atoms with van der Waals surface area (Å²) in [5, 5.41) is 8.87. The maximum absolute atomic E-state index is 12.5. The van der Waals surface area contributed by atoms with Gasteiger partial charge in [-0.05, 0) is 25.7 Å². The SMILES string of the molecule is CO[Si](CCCCN(CCCC[Si](OC)(OC)OC)C(=O)CCC(=O)O)(OC)OC. The molecule has 0 fully saturated rings. The highest BCUT2D eigenvalue weighted by atomic mass is 28.4. The Labute approximate surface area is 182 Å². The van der Waals surface area contributed by atoms with E-state index in [0.29, 0.717) is 25.2 Å². The fourth-order valence-electron chi connectivity index (χ4n) is 3.13. The van der Waals surface area contributed by atoms with Gasteiger partial charge in [-0.1, -0.05) is 0 Å². The van der Waals surface area contributed by atoms with Gasteiger partial charge >= 0.3 is 23.6 Å². The van der Waals surface area contributed by atoms with E-state index in [-0.39, 0.29) is 18.7 Å². The van der Waals surface area contributed by atoms with Crippen LogP contribution >= 0.6 is 0 Å². The maximum atomic E-state index is 12.5. The molecule has 178 valence electrons. The third-order valence-corrected chi connectivity index (χ3v) is 10.8. The third kappa shape index (κ3) is 10.4. The van der Waals surface area contributed by atoms with Crippen LogP contribution in [0.5, 0.6) is 0 Å². The van der Waals surface area contributed by atoms with Crippen molar-refractivity contribution < 1.29 is 41.3 Å². The predicted molar refractivity (Wildman–Crippen MR) is 115 cm³/mol. The van der Waals surface area contributed by atoms with Crippen LogP contribution in [0.15, 0.2) is 0 Å². The minimum atomic E-state index is -2.63. The van der Waals surface area contributed by atoms with Crippen molar-refractivity contribution in [1.82, 2.24) is 4.90 Å². The largest absolute Gasteiger partial charge is 0.500 e. The Bertz CT molecular complexity index is 444. The quantitative estimate of drug-likeness (QED) is 0.224. The molecule has 0 saturated heterocycles. The van der Waals surface area contributed by atoms with E-state index in [1.807, 2.05) is 0 Å². The van der Waals surface area contributed by atoms with E-state index < -0.39 is 23.6 Å². The Hall–Kier alpha value is -0.866. The van der Waals surface area contributed by atoms with Gasteiger partial charge in [0.15, 0.2) is 0 Å². The van der Waals surface area contributed by atoms with E-state index in [4.69, 9.17) is 31.7 Å². The molecule has 0 rings (SSSR count). The van der Waals surface area contributed by atoms with Crippen molar-refractivity contribution >= 4 is 29.5 Å². The van der Waals surface area contributed by atoms with Crippen LogP contribution in [0.25, 0.3) is 0 Å². The molecule has 0 radical (unpaired) electrons. The number of carboxylic acid groups (broad SMARTS) is 1. The van der Waals surface area contributed by atoms with Crippen LogP contribution in [0.3, 0.4) is 0 Å². The molecular formula is C18H39NO9Si2. The van der Waals surface area contributed by atoms with Crippen molar-refractivity contribution in [2.45, 2.75) is 50.6 Å². The molecule has 0 atom stereocenters. The topological polar surface area (TPSA) is 113 Å². The summed E-state index contributed by atoms with van der Waals surface area (Å²) in [7, 11) is 4.18. The first-order valence-corrected chi connectivity index (χ1v) is 13.9. The predicted octanol–water partition coefficient (Wildman–Crippen LogP) is 2.00. The monoisotopic (exact) mass is 469 g/mol. The Balaban J connectivity index is 4.68. The van der Waals surface area contributed by atoms with Gasteiger partial charge in [0.25, 0.3) is 0 Å². The fraction of sp³-hybridized carbons (Fsp3) is 0.889. The van der Waals surface area contributed by atoms with Crippen LogP contribution in [0.4, 0.5) is 0 Å². The lowest BCUT2D eigenvalue weighted by Crippen LogP contribution is -2.43. The van der Waals surface area contributed by atoms with Crippen molar-refractivity contribution in [3.63, 3.8) is 0 Å². The second kappa shape index (κ2) is 15.9. The molecule has 0 heterocycles. The zero-order chi connectivity index (χ0) is 23.0. The summed E-state index contributed by atoms with van der Waals surface area (Å²) < 4.78 is 32.5. The molecule has 0 aliphatic rings. The summed E-state index contributed by atoms with van der Waals surface area (Å²) >= 11 is 0. The van der Waals surface area contributed by atoms with Crippen molar-refractivity contribution in [2.75, 3.05) is 55.7 Å². The minimum absolute atomic E-state index is 0.00483. The van der Waals surface area contributed by atoms with Crippen molar-refractivity contribution in [3.8, 4) is 0 Å². The molecule has 10 nitrogen and oxygen atoms in total. The number of hydrogen-bond acceptors (Lipinski definition) is 8. The Morgan fingerprint density at radius 2 is 1.03 bits per heavy atom. The number of hydrogen-bond donors (Lipinski definition) is 1. The van der Waals surface area contributed by atoms with Gasteiger partial charge in [0.05, 0.1) is 6.42 Å². The molecule has 0 aromatic rings. The highest BCUT2D eigenvalue weighted by Gasteiger charge is 2.37. The van der Waals surface area contributed by atoms with Gasteiger partial charge in [-0.15, -0.1) is 0 Å². The normalized spacial score (nSPS) is 12.2. The molecule has 0 aliphatic heterocycles. The molecule has 0 unspecified atom stereocenters. The fourth-order valence-corrected chi connectivity index (χ4v) is 6.72. The molecule has 0 aromatic heterocycles. The third-order valence-electron chi connectivity index (χ3n) is 5.09. The van der Waals surface area contributed by atoms with Crippen LogP contribution in [0.2, 0.25) is 12.1 Å². The Kier molecular flexibility index (Phi) is 15.4. The average Bonchev–Trinajstić information content (AvgIpc) is 2.77. The molecule has 0 bridgehead atoms. The number of amides is 1. The average molecular weight is 470 g/mol. The van der Waals surface area contributed by atoms with Crippen molar-refractivity contribution in [3.05, 3.63) is 0 Å². The first kappa shape index (κ1) is 29.1. The van der Waals surface area contributed by atoms with Gasteiger partial charge < -0.3 is 36.6 Å². The van der Waals surface area contributed by atoms with Crippen molar-refractivity contribution in [2.24, 2.45) is 0 Å². The highest BCUT2D eigenvalue weighted by molar-refractivity contribution is 6.60. The summed E-state index contributed by atoms with van der Waals surface area (Å²) in [6.45, 7) is 1.09. The number of unbranched alkanes of at least 4 members (excludes halogenated alkanes) is 2. The summed E-state index contributed by atoms with van der Waals surface area (Å²) in [6, 6.07) is 1.30. The zero-order valence-corrected chi connectivity index (χ0v) is 21.2. The molecule has 0 aliphatic carbocycles. The summed E-state index contributed by atoms with van der Waals surface area (Å²) in [6.07, 6.45) is 2.87. The Morgan fingerprint density at radius 1 is 0.667 bits per heavy atom. The van der Waals surface area contributed by atoms with Gasteiger partial charge in [-0.2, -0.15) is 0 Å². The first-order valence-electron chi connectivity index (χ1n) is 10.1. The van der Waals surface area contributed by atoms with E-state index in [1.54, 1.807) is 47.6 Å². The van der Waals surface area contributed by atoms with E-state index >= 15 is 0 Å². The second-order valence-electron chi connectivity index (χ2n) is 6.78. The number of aliphatic carboxylic acids is 1. The van der Waals surface area contributed by atoms with Crippen LogP contribution in [0, 0.1) is 0 Å². The van der Waals surface area contributed by atoms with Crippen LogP contribution in [0.1, 0.15) is 38.5 Å². The van der Waals surface area contributed by atoms with Gasteiger partial charge in [0.2, 0.25) is 5.91 Å². The van der Waals surface area contributed by atoms with E-state index in [0.717, 1.165) is 25.7 Å². The molecule has 1 N–H and O–H groups in total. The van der Waals surface area contributed by atoms with E-state index in [2.05, 4.69) is 0 Å². The molecule has 12 heteroatoms. The summed E-state index contributed by atoms with van der Waals surface area (Å²) in [5.41, 5.74) is 0. The molecule has 0 saturated carbocycles. The lowest BCUT2D eigenvalue weighted by atomic mass is 10.2. The number of nitrogens with zero attached hydrogens (tertiary/aromatic N) is 1. The minimum Gasteiger partial charge on any atom is -0.481 e. The lowest BCUT2D eigenvalue weighted by molar-refractivity contribution is -0.141. The number of rotatable bonds is 19. The standard InChI is InChI=1S/C18H39NO9Si2/c1-23-29(24-2,25-3)15-9-7-13-19(17(20)11-12-18(21)22)14-8-10-16-30(26-4,27-5)28-6/h7-16H2,1-6H3,(H,21,22). The van der Waals surface area contributed by atoms with E-state index in [1.165, 1.54) is 0 Å². The van der Waals surface area contributed by atoms with Crippen LogP contribution in [-0.2, 0) is 36.1 Å². The van der Waals surface area contributed by atoms with Crippen molar-refractivity contribution in [1.29, 1.82) is 0 Å². The molecule has 1 amide bonds. The Morgan fingerprint density at radius 3 is 1.33 bits per heavy atom. The molecular weight excluding hydrogens is 430 g/mol. The van der Waals surface area contributed by atoms with E-state index in [9.17, 15) is 9.59 Å². The van der Waals surface area contributed by atoms with Gasteiger partial charge in [0.1, 0.15) is 0 Å². The number of carboxylic acids is 1. The zero-order valence-electron chi connectivity index (χ0n) is 19.2. The second-order valence-corrected chi connectivity index (χ2v) is 13.0. The van der Waals surface area contributed by atoms with Crippen LogP contribution < -0.4 is 0 Å². The summed E-state index contributed by atoms with van der Waals surface area (Å²) in [4.78, 5) is 25.1. The smallest absolute Gasteiger partial charge is 0.481 e. The molecule has 30 heavy (non-hydrogen) atoms. The maximum Gasteiger partial charge on any atom is 0.500 e. The van der Waals surface area contributed by atoms with Gasteiger partial charge in [-0.3, -0.25) is 9.59 Å². The molecule has 0 aromatic carbocycles. The lowest BCUT2D eigenvalue weighted by Gasteiger charge is -2.27. The highest BCUT2D eigenvalue weighted by Crippen LogP contribution is 2.18. The van der Waals surface area contributed by atoms with Gasteiger partial charge in [0, 0.05) is 74.3 Å².